The Bertz CT molecular complexity index is 906. The van der Waals surface area contributed by atoms with Crippen molar-refractivity contribution in [1.29, 1.82) is 5.26 Å². The Morgan fingerprint density at radius 1 is 1.27 bits per heavy atom. The van der Waals surface area contributed by atoms with E-state index in [4.69, 9.17) is 0 Å². The van der Waals surface area contributed by atoms with E-state index in [2.05, 4.69) is 23.5 Å². The first-order valence-corrected chi connectivity index (χ1v) is 9.58. The van der Waals surface area contributed by atoms with Crippen molar-refractivity contribution >= 4 is 23.4 Å². The SMILES string of the molecule is CC1c2ccccc2CCN1C(=O)/C(C#N)=C/C1Nc2ccccc2S1. The van der Waals surface area contributed by atoms with Gasteiger partial charge < -0.3 is 10.2 Å². The normalized spacial score (nSPS) is 21.4. The van der Waals surface area contributed by atoms with Gasteiger partial charge in [0.1, 0.15) is 11.6 Å². The van der Waals surface area contributed by atoms with Crippen molar-refractivity contribution in [3.05, 3.63) is 71.3 Å². The predicted molar refractivity (Wildman–Crippen MR) is 104 cm³/mol. The molecule has 130 valence electrons. The number of nitrogens with zero attached hydrogens (tertiary/aromatic N) is 2. The van der Waals surface area contributed by atoms with Gasteiger partial charge in [-0.15, -0.1) is 0 Å². The smallest absolute Gasteiger partial charge is 0.264 e. The summed E-state index contributed by atoms with van der Waals surface area (Å²) >= 11 is 1.62. The van der Waals surface area contributed by atoms with Crippen molar-refractivity contribution < 1.29 is 4.79 Å². The van der Waals surface area contributed by atoms with Gasteiger partial charge in [-0.2, -0.15) is 5.26 Å². The van der Waals surface area contributed by atoms with Gasteiger partial charge in [-0.3, -0.25) is 4.79 Å². The van der Waals surface area contributed by atoms with Crippen molar-refractivity contribution in [2.24, 2.45) is 0 Å². The fraction of sp³-hybridized carbons (Fsp3) is 0.238. The Balaban J connectivity index is 1.55. The minimum Gasteiger partial charge on any atom is -0.369 e. The number of thioether (sulfide) groups is 1. The van der Waals surface area contributed by atoms with Crippen LogP contribution in [0.4, 0.5) is 5.69 Å². The molecule has 0 radical (unpaired) electrons. The number of rotatable bonds is 2. The zero-order valence-corrected chi connectivity index (χ0v) is 15.3. The molecule has 4 rings (SSSR count). The van der Waals surface area contributed by atoms with E-state index >= 15 is 0 Å². The monoisotopic (exact) mass is 361 g/mol. The molecule has 26 heavy (non-hydrogen) atoms. The third kappa shape index (κ3) is 2.97. The number of hydrogen-bond acceptors (Lipinski definition) is 4. The van der Waals surface area contributed by atoms with E-state index in [-0.39, 0.29) is 22.9 Å². The standard InChI is InChI=1S/C21H19N3OS/c1-14-17-7-3-2-6-15(17)10-11-24(14)21(25)16(13-22)12-20-23-18-8-4-5-9-19(18)26-20/h2-9,12,14,20,23H,10-11H2,1H3/b16-12+. The van der Waals surface area contributed by atoms with Gasteiger partial charge in [0.25, 0.3) is 5.91 Å². The first kappa shape index (κ1) is 16.7. The maximum Gasteiger partial charge on any atom is 0.264 e. The predicted octanol–water partition coefficient (Wildman–Crippen LogP) is 4.13. The lowest BCUT2D eigenvalue weighted by molar-refractivity contribution is -0.129. The zero-order valence-electron chi connectivity index (χ0n) is 14.5. The maximum atomic E-state index is 13.0. The number of para-hydroxylation sites is 1. The molecule has 2 unspecified atom stereocenters. The summed E-state index contributed by atoms with van der Waals surface area (Å²) in [6.45, 7) is 2.67. The van der Waals surface area contributed by atoms with Gasteiger partial charge in [0.15, 0.2) is 0 Å². The minimum absolute atomic E-state index is 0.0226. The number of hydrogen-bond donors (Lipinski definition) is 1. The lowest BCUT2D eigenvalue weighted by Crippen LogP contribution is -2.39. The number of fused-ring (bicyclic) bond motifs is 2. The van der Waals surface area contributed by atoms with Gasteiger partial charge in [0.2, 0.25) is 0 Å². The average Bonchev–Trinajstić information content (AvgIpc) is 3.08. The third-order valence-electron chi connectivity index (χ3n) is 4.96. The van der Waals surface area contributed by atoms with E-state index in [9.17, 15) is 10.1 Å². The topological polar surface area (TPSA) is 56.1 Å². The summed E-state index contributed by atoms with van der Waals surface area (Å²) < 4.78 is 0. The molecule has 0 spiro atoms. The molecule has 0 saturated carbocycles. The summed E-state index contributed by atoms with van der Waals surface area (Å²) in [7, 11) is 0. The second-order valence-electron chi connectivity index (χ2n) is 6.49. The minimum atomic E-state index is -0.187. The maximum absolute atomic E-state index is 13.0. The summed E-state index contributed by atoms with van der Waals surface area (Å²) in [5.41, 5.74) is 3.71. The molecule has 0 bridgehead atoms. The number of carbonyl (C=O) groups excluding carboxylic acids is 1. The van der Waals surface area contributed by atoms with E-state index in [0.29, 0.717) is 6.54 Å². The van der Waals surface area contributed by atoms with Gasteiger partial charge in [-0.25, -0.2) is 0 Å². The van der Waals surface area contributed by atoms with E-state index in [1.54, 1.807) is 17.8 Å². The Morgan fingerprint density at radius 2 is 2.04 bits per heavy atom. The van der Waals surface area contributed by atoms with Crippen LogP contribution < -0.4 is 5.32 Å². The highest BCUT2D eigenvalue weighted by atomic mass is 32.2. The van der Waals surface area contributed by atoms with Crippen LogP contribution in [0.1, 0.15) is 24.1 Å². The number of carbonyl (C=O) groups is 1. The van der Waals surface area contributed by atoms with Crippen LogP contribution in [-0.4, -0.2) is 22.7 Å². The van der Waals surface area contributed by atoms with Crippen LogP contribution in [0.15, 0.2) is 65.1 Å². The lowest BCUT2D eigenvalue weighted by atomic mass is 9.93. The van der Waals surface area contributed by atoms with Gasteiger partial charge in [0, 0.05) is 17.1 Å². The highest BCUT2D eigenvalue weighted by molar-refractivity contribution is 8.00. The van der Waals surface area contributed by atoms with Crippen LogP contribution in [0, 0.1) is 11.3 Å². The van der Waals surface area contributed by atoms with E-state index in [1.807, 2.05) is 48.2 Å². The molecule has 1 amide bonds. The number of amides is 1. The molecule has 0 aromatic heterocycles. The molecule has 0 fully saturated rings. The van der Waals surface area contributed by atoms with Crippen LogP contribution >= 0.6 is 11.8 Å². The van der Waals surface area contributed by atoms with Gasteiger partial charge in [0.05, 0.1) is 11.4 Å². The zero-order chi connectivity index (χ0) is 18.1. The molecule has 4 nitrogen and oxygen atoms in total. The average molecular weight is 361 g/mol. The van der Waals surface area contributed by atoms with Crippen LogP contribution in [-0.2, 0) is 11.2 Å². The molecule has 2 aliphatic rings. The van der Waals surface area contributed by atoms with E-state index in [1.165, 1.54) is 11.1 Å². The lowest BCUT2D eigenvalue weighted by Gasteiger charge is -2.35. The third-order valence-corrected chi connectivity index (χ3v) is 6.08. The van der Waals surface area contributed by atoms with Gasteiger partial charge in [-0.1, -0.05) is 48.2 Å². The van der Waals surface area contributed by atoms with Crippen molar-refractivity contribution in [3.63, 3.8) is 0 Å². The molecule has 2 aromatic rings. The molecule has 1 N–H and O–H groups in total. The molecular formula is C21H19N3OS. The molecule has 0 aliphatic carbocycles. The summed E-state index contributed by atoms with van der Waals surface area (Å²) in [6.07, 6.45) is 2.58. The van der Waals surface area contributed by atoms with Crippen LogP contribution in [0.2, 0.25) is 0 Å². The number of benzene rings is 2. The van der Waals surface area contributed by atoms with Gasteiger partial charge in [-0.05, 0) is 42.7 Å². The Labute approximate surface area is 157 Å². The largest absolute Gasteiger partial charge is 0.369 e. The Hall–Kier alpha value is -2.71. The Kier molecular flexibility index (Phi) is 4.44. The van der Waals surface area contributed by atoms with Crippen LogP contribution in [0.5, 0.6) is 0 Å². The second kappa shape index (κ2) is 6.89. The molecule has 2 heterocycles. The fourth-order valence-corrected chi connectivity index (χ4v) is 4.67. The molecule has 2 aromatic carbocycles. The van der Waals surface area contributed by atoms with Crippen LogP contribution in [0.3, 0.4) is 0 Å². The van der Waals surface area contributed by atoms with Gasteiger partial charge >= 0.3 is 0 Å². The molecule has 5 heteroatoms. The quantitative estimate of drug-likeness (QED) is 0.646. The number of anilines is 1. The second-order valence-corrected chi connectivity index (χ2v) is 7.68. The highest BCUT2D eigenvalue weighted by Crippen LogP contribution is 2.39. The van der Waals surface area contributed by atoms with Crippen molar-refractivity contribution in [3.8, 4) is 6.07 Å². The molecule has 0 saturated heterocycles. The van der Waals surface area contributed by atoms with Crippen molar-refractivity contribution in [2.75, 3.05) is 11.9 Å². The van der Waals surface area contributed by atoms with Crippen molar-refractivity contribution in [1.82, 2.24) is 4.90 Å². The highest BCUT2D eigenvalue weighted by Gasteiger charge is 2.30. The summed E-state index contributed by atoms with van der Waals surface area (Å²) in [6, 6.07) is 18.3. The van der Waals surface area contributed by atoms with E-state index in [0.717, 1.165) is 17.0 Å². The summed E-state index contributed by atoms with van der Waals surface area (Å²) in [5.74, 6) is -0.187. The van der Waals surface area contributed by atoms with E-state index < -0.39 is 0 Å². The fourth-order valence-electron chi connectivity index (χ4n) is 3.60. The van der Waals surface area contributed by atoms with Crippen molar-refractivity contribution in [2.45, 2.75) is 29.7 Å². The Morgan fingerprint density at radius 3 is 2.85 bits per heavy atom. The number of nitriles is 1. The first-order chi connectivity index (χ1) is 12.7. The summed E-state index contributed by atoms with van der Waals surface area (Å²) in [5, 5.41) is 12.8. The first-order valence-electron chi connectivity index (χ1n) is 8.70. The molecular weight excluding hydrogens is 342 g/mol. The van der Waals surface area contributed by atoms with Crippen LogP contribution in [0.25, 0.3) is 0 Å². The number of nitrogens with one attached hydrogen (secondary N) is 1. The summed E-state index contributed by atoms with van der Waals surface area (Å²) in [4.78, 5) is 16.0. The molecule has 2 aliphatic heterocycles. The molecule has 2 atom stereocenters.